The highest BCUT2D eigenvalue weighted by Crippen LogP contribution is 2.58. The molecule has 0 aromatic heterocycles. The molecule has 1 nitrogen and oxygen atoms in total. The van der Waals surface area contributed by atoms with Crippen molar-refractivity contribution in [1.29, 1.82) is 0 Å². The van der Waals surface area contributed by atoms with E-state index in [2.05, 4.69) is 292 Å². The molecule has 1 aliphatic rings. The van der Waals surface area contributed by atoms with Crippen molar-refractivity contribution in [2.24, 2.45) is 0 Å². The lowest BCUT2D eigenvalue weighted by Crippen LogP contribution is -2.29. The molecule has 1 atom stereocenters. The summed E-state index contributed by atoms with van der Waals surface area (Å²) in [5.41, 5.74) is 21.9. The first kappa shape index (κ1) is 42.1. The van der Waals surface area contributed by atoms with Crippen molar-refractivity contribution in [2.45, 2.75) is 19.3 Å². The Morgan fingerprint density at radius 2 is 0.794 bits per heavy atom. The van der Waals surface area contributed by atoms with E-state index in [0.717, 1.165) is 39.3 Å². The van der Waals surface area contributed by atoms with Crippen molar-refractivity contribution >= 4 is 17.1 Å². The molecule has 0 fully saturated rings. The summed E-state index contributed by atoms with van der Waals surface area (Å²) in [6, 6.07) is 93.4. The van der Waals surface area contributed by atoms with Gasteiger partial charge in [0, 0.05) is 16.9 Å². The third-order valence-electron chi connectivity index (χ3n) is 13.6. The minimum Gasteiger partial charge on any atom is -0.310 e. The molecule has 10 aromatic carbocycles. The standard InChI is InChI=1S/C67H51N/c1-3-25-53(4-2)67(54-32-15-8-16-33-54)64-40-23-21-38-61(64)62-43-42-55(47-65(62)67)68(56-45-51(48-26-9-5-10-27-48)44-52(46-56)49-28-11-6-12-29-49)66-41-24-22-39-63(66)60-37-20-19-36-59(60)58-35-18-17-34-57(58)50-30-13-7-14-31-50/h3-47H,1-2H3/b25-3-,53-4+. The summed E-state index contributed by atoms with van der Waals surface area (Å²) in [7, 11) is 0. The molecule has 324 valence electrons. The van der Waals surface area contributed by atoms with Gasteiger partial charge in [0.05, 0.1) is 11.1 Å². The van der Waals surface area contributed by atoms with E-state index in [-0.39, 0.29) is 0 Å². The van der Waals surface area contributed by atoms with Crippen LogP contribution in [0.4, 0.5) is 17.1 Å². The predicted molar refractivity (Wildman–Crippen MR) is 289 cm³/mol. The lowest BCUT2D eigenvalue weighted by Gasteiger charge is -2.36. The highest BCUT2D eigenvalue weighted by atomic mass is 15.1. The largest absolute Gasteiger partial charge is 0.310 e. The van der Waals surface area contributed by atoms with E-state index in [1.165, 1.54) is 66.8 Å². The number of benzene rings is 10. The fourth-order valence-electron chi connectivity index (χ4n) is 10.7. The third kappa shape index (κ3) is 7.39. The Balaban J connectivity index is 1.22. The van der Waals surface area contributed by atoms with Crippen LogP contribution < -0.4 is 4.90 Å². The van der Waals surface area contributed by atoms with Gasteiger partial charge in [0.15, 0.2) is 0 Å². The molecular weight excluding hydrogens is 819 g/mol. The molecule has 11 rings (SSSR count). The first-order valence-corrected chi connectivity index (χ1v) is 23.7. The van der Waals surface area contributed by atoms with Crippen LogP contribution in [0.2, 0.25) is 0 Å². The fourth-order valence-corrected chi connectivity index (χ4v) is 10.7. The van der Waals surface area contributed by atoms with E-state index in [1.54, 1.807) is 0 Å². The summed E-state index contributed by atoms with van der Waals surface area (Å²) in [6.07, 6.45) is 6.79. The van der Waals surface area contributed by atoms with E-state index in [0.29, 0.717) is 0 Å². The molecular formula is C67H51N. The quantitative estimate of drug-likeness (QED) is 0.117. The summed E-state index contributed by atoms with van der Waals surface area (Å²) in [4.78, 5) is 2.51. The van der Waals surface area contributed by atoms with Crippen molar-refractivity contribution in [1.82, 2.24) is 0 Å². The van der Waals surface area contributed by atoms with Gasteiger partial charge >= 0.3 is 0 Å². The number of hydrogen-bond acceptors (Lipinski definition) is 1. The van der Waals surface area contributed by atoms with Crippen LogP contribution in [0.1, 0.15) is 30.5 Å². The van der Waals surface area contributed by atoms with Crippen LogP contribution in [0.25, 0.3) is 66.8 Å². The number of anilines is 3. The zero-order chi connectivity index (χ0) is 45.9. The molecule has 1 unspecified atom stereocenters. The van der Waals surface area contributed by atoms with Gasteiger partial charge in [-0.2, -0.15) is 0 Å². The summed E-state index contributed by atoms with van der Waals surface area (Å²) >= 11 is 0. The van der Waals surface area contributed by atoms with Crippen LogP contribution >= 0.6 is 0 Å². The number of fused-ring (bicyclic) bond motifs is 3. The number of rotatable bonds is 11. The molecule has 0 amide bonds. The van der Waals surface area contributed by atoms with Gasteiger partial charge in [-0.25, -0.2) is 0 Å². The lowest BCUT2D eigenvalue weighted by molar-refractivity contribution is 0.765. The minimum atomic E-state index is -0.565. The molecule has 10 aromatic rings. The fraction of sp³-hybridized carbons (Fsp3) is 0.0448. The first-order chi connectivity index (χ1) is 33.7. The van der Waals surface area contributed by atoms with Gasteiger partial charge in [-0.15, -0.1) is 0 Å². The second-order valence-corrected chi connectivity index (χ2v) is 17.4. The third-order valence-corrected chi connectivity index (χ3v) is 13.6. The Kier molecular flexibility index (Phi) is 11.4. The van der Waals surface area contributed by atoms with E-state index < -0.39 is 5.41 Å². The maximum Gasteiger partial charge on any atom is 0.0711 e. The van der Waals surface area contributed by atoms with Crippen molar-refractivity contribution < 1.29 is 0 Å². The van der Waals surface area contributed by atoms with E-state index in [9.17, 15) is 0 Å². The van der Waals surface area contributed by atoms with Gasteiger partial charge in [0.1, 0.15) is 0 Å². The first-order valence-electron chi connectivity index (χ1n) is 23.7. The Labute approximate surface area is 401 Å². The van der Waals surface area contributed by atoms with Crippen molar-refractivity contribution in [2.75, 3.05) is 4.90 Å². The van der Waals surface area contributed by atoms with Gasteiger partial charge in [0.2, 0.25) is 0 Å². The molecule has 0 heterocycles. The van der Waals surface area contributed by atoms with Crippen molar-refractivity contribution in [3.05, 3.63) is 295 Å². The van der Waals surface area contributed by atoms with Crippen LogP contribution in [0.3, 0.4) is 0 Å². The second-order valence-electron chi connectivity index (χ2n) is 17.4. The second kappa shape index (κ2) is 18.4. The van der Waals surface area contributed by atoms with Crippen molar-refractivity contribution in [3.8, 4) is 66.8 Å². The van der Waals surface area contributed by atoms with Crippen LogP contribution in [-0.2, 0) is 5.41 Å². The maximum absolute atomic E-state index is 2.51. The zero-order valence-electron chi connectivity index (χ0n) is 38.4. The summed E-state index contributed by atoms with van der Waals surface area (Å²) < 4.78 is 0. The van der Waals surface area contributed by atoms with Crippen molar-refractivity contribution in [3.63, 3.8) is 0 Å². The molecule has 0 aliphatic heterocycles. The summed E-state index contributed by atoms with van der Waals surface area (Å²) in [5.74, 6) is 0. The normalized spacial score (nSPS) is 14.1. The molecule has 0 saturated carbocycles. The van der Waals surface area contributed by atoms with E-state index >= 15 is 0 Å². The summed E-state index contributed by atoms with van der Waals surface area (Å²) in [5, 5.41) is 0. The Hall–Kier alpha value is -8.52. The Bertz CT molecular complexity index is 3400. The van der Waals surface area contributed by atoms with Gasteiger partial charge in [0.25, 0.3) is 0 Å². The molecule has 1 heteroatoms. The molecule has 0 N–H and O–H groups in total. The van der Waals surface area contributed by atoms with Gasteiger partial charge in [-0.3, -0.25) is 0 Å². The summed E-state index contributed by atoms with van der Waals surface area (Å²) in [6.45, 7) is 4.31. The van der Waals surface area contributed by atoms with Gasteiger partial charge < -0.3 is 4.90 Å². The van der Waals surface area contributed by atoms with E-state index in [1.807, 2.05) is 0 Å². The molecule has 0 bridgehead atoms. The molecule has 0 radical (unpaired) electrons. The average Bonchev–Trinajstić information content (AvgIpc) is 3.71. The maximum atomic E-state index is 2.51. The smallest absolute Gasteiger partial charge is 0.0711 e. The Morgan fingerprint density at radius 3 is 1.38 bits per heavy atom. The molecule has 0 spiro atoms. The minimum absolute atomic E-state index is 0.565. The van der Waals surface area contributed by atoms with Gasteiger partial charge in [-0.1, -0.05) is 237 Å². The van der Waals surface area contributed by atoms with Crippen LogP contribution in [0.5, 0.6) is 0 Å². The highest BCUT2D eigenvalue weighted by molar-refractivity contribution is 5.99. The monoisotopic (exact) mass is 869 g/mol. The van der Waals surface area contributed by atoms with Crippen LogP contribution in [-0.4, -0.2) is 0 Å². The van der Waals surface area contributed by atoms with Gasteiger partial charge in [-0.05, 0) is 134 Å². The SMILES string of the molecule is C/C=C\C(=C/C)C1(c2ccccc2)c2ccccc2-c2ccc(N(c3cc(-c4ccccc4)cc(-c4ccccc4)c3)c3ccccc3-c3ccccc3-c3ccccc3-c3ccccc3)cc21. The molecule has 1 aliphatic carbocycles. The van der Waals surface area contributed by atoms with E-state index in [4.69, 9.17) is 0 Å². The molecule has 0 saturated heterocycles. The predicted octanol–water partition coefficient (Wildman–Crippen LogP) is 18.3. The highest BCUT2D eigenvalue weighted by Gasteiger charge is 2.46. The average molecular weight is 870 g/mol. The molecule has 68 heavy (non-hydrogen) atoms. The zero-order valence-corrected chi connectivity index (χ0v) is 38.4. The number of para-hydroxylation sites is 1. The topological polar surface area (TPSA) is 3.24 Å². The number of nitrogens with zero attached hydrogens (tertiary/aromatic N) is 1. The number of hydrogen-bond donors (Lipinski definition) is 0. The van der Waals surface area contributed by atoms with Crippen LogP contribution in [0, 0.1) is 0 Å². The lowest BCUT2D eigenvalue weighted by atomic mass is 9.67. The number of allylic oxidation sites excluding steroid dienone is 4. The van der Waals surface area contributed by atoms with Crippen LogP contribution in [0.15, 0.2) is 279 Å². The Morgan fingerprint density at radius 1 is 0.338 bits per heavy atom.